The average Bonchev–Trinajstić information content (AvgIpc) is 2.53. The van der Waals surface area contributed by atoms with E-state index in [4.69, 9.17) is 4.98 Å². The van der Waals surface area contributed by atoms with E-state index >= 15 is 0 Å². The molecule has 0 aromatic carbocycles. The molecule has 0 unspecified atom stereocenters. The Morgan fingerprint density at radius 1 is 1.05 bits per heavy atom. The van der Waals surface area contributed by atoms with Crippen LogP contribution in [0.3, 0.4) is 0 Å². The largest absolute Gasteiger partial charge is 0.363 e. The quantitative estimate of drug-likeness (QED) is 0.671. The SMILES string of the molecule is CC1=C(C)[C@@H](C)c2c(C)c(C)nc(C(C)C)c2N(C(C)C)C1. The second-order valence-electron chi connectivity index (χ2n) is 7.53. The molecule has 0 N–H and O–H groups in total. The molecule has 0 aliphatic carbocycles. The highest BCUT2D eigenvalue weighted by Crippen LogP contribution is 2.43. The fourth-order valence-corrected chi connectivity index (χ4v) is 3.55. The first-order valence-corrected chi connectivity index (χ1v) is 8.60. The number of aromatic nitrogens is 1. The van der Waals surface area contributed by atoms with Crippen molar-refractivity contribution in [2.24, 2.45) is 0 Å². The number of nitrogens with zero attached hydrogens (tertiary/aromatic N) is 2. The molecule has 2 nitrogen and oxygen atoms in total. The Bertz CT molecular complexity index is 609. The molecule has 0 bridgehead atoms. The molecule has 1 aromatic heterocycles. The minimum Gasteiger partial charge on any atom is -0.363 e. The smallest absolute Gasteiger partial charge is 0.0668 e. The van der Waals surface area contributed by atoms with Crippen molar-refractivity contribution in [3.8, 4) is 0 Å². The second kappa shape index (κ2) is 6.06. The zero-order valence-corrected chi connectivity index (χ0v) is 15.8. The normalized spacial score (nSPS) is 19.0. The molecular weight excluding hydrogens is 268 g/mol. The maximum absolute atomic E-state index is 4.98. The van der Waals surface area contributed by atoms with Gasteiger partial charge in [-0.3, -0.25) is 4.98 Å². The van der Waals surface area contributed by atoms with Crippen LogP contribution in [0.4, 0.5) is 5.69 Å². The lowest BCUT2D eigenvalue weighted by Gasteiger charge is -2.34. The summed E-state index contributed by atoms with van der Waals surface area (Å²) >= 11 is 0. The molecule has 0 saturated heterocycles. The van der Waals surface area contributed by atoms with E-state index in [9.17, 15) is 0 Å². The third kappa shape index (κ3) is 2.68. The van der Waals surface area contributed by atoms with E-state index in [1.54, 1.807) is 0 Å². The molecule has 1 aromatic rings. The topological polar surface area (TPSA) is 16.1 Å². The van der Waals surface area contributed by atoms with Gasteiger partial charge in [-0.05, 0) is 58.6 Å². The summed E-state index contributed by atoms with van der Waals surface area (Å²) in [6.45, 7) is 21.5. The number of rotatable bonds is 2. The molecule has 2 heteroatoms. The van der Waals surface area contributed by atoms with E-state index in [0.29, 0.717) is 17.9 Å². The van der Waals surface area contributed by atoms with Gasteiger partial charge in [0.25, 0.3) is 0 Å². The Morgan fingerprint density at radius 3 is 2.14 bits per heavy atom. The van der Waals surface area contributed by atoms with E-state index in [2.05, 4.69) is 67.2 Å². The summed E-state index contributed by atoms with van der Waals surface area (Å²) in [5.41, 5.74) is 9.74. The minimum atomic E-state index is 0.445. The van der Waals surface area contributed by atoms with Crippen LogP contribution in [0.5, 0.6) is 0 Å². The van der Waals surface area contributed by atoms with Gasteiger partial charge in [0.1, 0.15) is 0 Å². The first kappa shape index (κ1) is 17.1. The van der Waals surface area contributed by atoms with E-state index in [-0.39, 0.29) is 0 Å². The molecule has 0 saturated carbocycles. The molecule has 0 amide bonds. The number of fused-ring (bicyclic) bond motifs is 1. The Morgan fingerprint density at radius 2 is 1.64 bits per heavy atom. The monoisotopic (exact) mass is 300 g/mol. The van der Waals surface area contributed by atoms with Crippen LogP contribution in [0, 0.1) is 13.8 Å². The third-order valence-electron chi connectivity index (χ3n) is 5.35. The number of pyridine rings is 1. The van der Waals surface area contributed by atoms with Crippen molar-refractivity contribution in [3.05, 3.63) is 33.7 Å². The van der Waals surface area contributed by atoms with Crippen LogP contribution >= 0.6 is 0 Å². The number of allylic oxidation sites excluding steroid dienone is 1. The van der Waals surface area contributed by atoms with Crippen LogP contribution in [0.25, 0.3) is 0 Å². The number of hydrogen-bond donors (Lipinski definition) is 0. The highest BCUT2D eigenvalue weighted by Gasteiger charge is 2.30. The lowest BCUT2D eigenvalue weighted by molar-refractivity contribution is 0.691. The van der Waals surface area contributed by atoms with Crippen molar-refractivity contribution in [1.29, 1.82) is 0 Å². The Hall–Kier alpha value is -1.31. The van der Waals surface area contributed by atoms with Gasteiger partial charge in [-0.25, -0.2) is 0 Å². The van der Waals surface area contributed by atoms with Crippen molar-refractivity contribution < 1.29 is 0 Å². The summed E-state index contributed by atoms with van der Waals surface area (Å²) in [6.07, 6.45) is 0. The predicted octanol–water partition coefficient (Wildman–Crippen LogP) is 5.49. The molecule has 2 rings (SSSR count). The first-order chi connectivity index (χ1) is 10.2. The molecule has 1 atom stereocenters. The van der Waals surface area contributed by atoms with Crippen molar-refractivity contribution in [3.63, 3.8) is 0 Å². The van der Waals surface area contributed by atoms with E-state index in [1.165, 1.54) is 39.3 Å². The van der Waals surface area contributed by atoms with E-state index < -0.39 is 0 Å². The van der Waals surface area contributed by atoms with E-state index in [0.717, 1.165) is 6.54 Å². The Balaban J connectivity index is 2.87. The van der Waals surface area contributed by atoms with Crippen LogP contribution in [0.2, 0.25) is 0 Å². The van der Waals surface area contributed by atoms with Crippen molar-refractivity contribution in [2.45, 2.75) is 80.2 Å². The van der Waals surface area contributed by atoms with Gasteiger partial charge in [-0.1, -0.05) is 31.9 Å². The molecule has 0 spiro atoms. The number of anilines is 1. The lowest BCUT2D eigenvalue weighted by Crippen LogP contribution is -2.34. The molecule has 22 heavy (non-hydrogen) atoms. The summed E-state index contributed by atoms with van der Waals surface area (Å²) in [6, 6.07) is 0.480. The van der Waals surface area contributed by atoms with Crippen LogP contribution < -0.4 is 4.90 Å². The zero-order valence-electron chi connectivity index (χ0n) is 15.8. The summed E-state index contributed by atoms with van der Waals surface area (Å²) < 4.78 is 0. The first-order valence-electron chi connectivity index (χ1n) is 8.60. The van der Waals surface area contributed by atoms with Gasteiger partial charge in [0.05, 0.1) is 11.4 Å². The van der Waals surface area contributed by atoms with Crippen molar-refractivity contribution in [2.75, 3.05) is 11.4 Å². The molecule has 0 radical (unpaired) electrons. The predicted molar refractivity (Wildman–Crippen MR) is 97.1 cm³/mol. The highest BCUT2D eigenvalue weighted by atomic mass is 15.2. The van der Waals surface area contributed by atoms with Gasteiger partial charge < -0.3 is 4.90 Å². The molecule has 0 fully saturated rings. The Kier molecular flexibility index (Phi) is 4.70. The number of hydrogen-bond acceptors (Lipinski definition) is 2. The third-order valence-corrected chi connectivity index (χ3v) is 5.35. The van der Waals surface area contributed by atoms with Crippen LogP contribution in [-0.2, 0) is 0 Å². The fourth-order valence-electron chi connectivity index (χ4n) is 3.55. The van der Waals surface area contributed by atoms with Crippen molar-refractivity contribution >= 4 is 5.69 Å². The van der Waals surface area contributed by atoms with Gasteiger partial charge in [0.15, 0.2) is 0 Å². The summed E-state index contributed by atoms with van der Waals surface area (Å²) in [4.78, 5) is 7.55. The average molecular weight is 300 g/mol. The maximum Gasteiger partial charge on any atom is 0.0668 e. The zero-order chi connectivity index (χ0) is 16.8. The molecule has 1 aliphatic heterocycles. The fraction of sp³-hybridized carbons (Fsp3) is 0.650. The van der Waals surface area contributed by atoms with Crippen LogP contribution in [-0.4, -0.2) is 17.6 Å². The maximum atomic E-state index is 4.98. The second-order valence-corrected chi connectivity index (χ2v) is 7.53. The molecular formula is C20H32N2. The number of aryl methyl sites for hydroxylation is 1. The van der Waals surface area contributed by atoms with Gasteiger partial charge >= 0.3 is 0 Å². The van der Waals surface area contributed by atoms with Gasteiger partial charge in [-0.15, -0.1) is 0 Å². The molecule has 1 aliphatic rings. The minimum absolute atomic E-state index is 0.445. The molecule has 122 valence electrons. The van der Waals surface area contributed by atoms with Crippen molar-refractivity contribution in [1.82, 2.24) is 4.98 Å². The van der Waals surface area contributed by atoms with Gasteiger partial charge in [0.2, 0.25) is 0 Å². The summed E-state index contributed by atoms with van der Waals surface area (Å²) in [5, 5.41) is 0. The Labute approximate surface area is 136 Å². The standard InChI is InChI=1S/C20H32N2/c1-11(2)19-20-18(16(8)17(9)21-19)15(7)14(6)13(5)10-22(20)12(3)4/h11-12,15H,10H2,1-9H3/t15-/m1/s1. The lowest BCUT2D eigenvalue weighted by atomic mass is 9.86. The van der Waals surface area contributed by atoms with Gasteiger partial charge in [0, 0.05) is 24.2 Å². The van der Waals surface area contributed by atoms with Gasteiger partial charge in [-0.2, -0.15) is 0 Å². The summed E-state index contributed by atoms with van der Waals surface area (Å²) in [5.74, 6) is 0.915. The van der Waals surface area contributed by atoms with Crippen LogP contribution in [0.1, 0.15) is 82.8 Å². The molecule has 2 heterocycles. The highest BCUT2D eigenvalue weighted by molar-refractivity contribution is 5.67. The van der Waals surface area contributed by atoms with E-state index in [1.807, 2.05) is 0 Å². The van der Waals surface area contributed by atoms with Crippen LogP contribution in [0.15, 0.2) is 11.1 Å². The summed E-state index contributed by atoms with van der Waals surface area (Å²) in [7, 11) is 0.